The number of hydrogen-bond acceptors (Lipinski definition) is 3. The van der Waals surface area contributed by atoms with Crippen LogP contribution < -0.4 is 4.74 Å². The highest BCUT2D eigenvalue weighted by Crippen LogP contribution is 2.34. The first-order chi connectivity index (χ1) is 8.58. The van der Waals surface area contributed by atoms with Gasteiger partial charge in [0.25, 0.3) is 0 Å². The zero-order valence-corrected chi connectivity index (χ0v) is 11.4. The zero-order chi connectivity index (χ0) is 13.1. The smallest absolute Gasteiger partial charge is 0.387 e. The molecule has 0 bridgehead atoms. The van der Waals surface area contributed by atoms with Crippen LogP contribution in [0.25, 0.3) is 0 Å². The van der Waals surface area contributed by atoms with Crippen molar-refractivity contribution < 1.29 is 18.6 Å². The van der Waals surface area contributed by atoms with Gasteiger partial charge in [-0.05, 0) is 45.1 Å². The van der Waals surface area contributed by atoms with Gasteiger partial charge in [0.1, 0.15) is 11.9 Å². The topological polar surface area (TPSA) is 29.5 Å². The third kappa shape index (κ3) is 3.07. The van der Waals surface area contributed by atoms with E-state index in [4.69, 9.17) is 0 Å². The van der Waals surface area contributed by atoms with E-state index >= 15 is 0 Å². The number of aliphatic hydroxyl groups is 1. The fourth-order valence-corrected chi connectivity index (χ4v) is 3.11. The zero-order valence-electron chi connectivity index (χ0n) is 9.02. The van der Waals surface area contributed by atoms with Gasteiger partial charge in [-0.3, -0.25) is 0 Å². The van der Waals surface area contributed by atoms with Crippen LogP contribution in [0.5, 0.6) is 5.75 Å². The largest absolute Gasteiger partial charge is 0.435 e. The lowest BCUT2D eigenvalue weighted by Gasteiger charge is -2.12. The van der Waals surface area contributed by atoms with Crippen molar-refractivity contribution in [1.29, 1.82) is 0 Å². The normalized spacial score (nSPS) is 12.7. The highest BCUT2D eigenvalue weighted by Gasteiger charge is 2.16. The molecular weight excluding hydrogens is 326 g/mol. The molecule has 1 heterocycles. The quantitative estimate of drug-likeness (QED) is 0.908. The maximum Gasteiger partial charge on any atom is 0.387 e. The first kappa shape index (κ1) is 13.5. The summed E-state index contributed by atoms with van der Waals surface area (Å²) in [7, 11) is 0. The fraction of sp³-hybridized carbons (Fsp3) is 0.167. The summed E-state index contributed by atoms with van der Waals surface area (Å²) < 4.78 is 29.3. The van der Waals surface area contributed by atoms with Crippen LogP contribution in [0.2, 0.25) is 0 Å². The third-order valence-electron chi connectivity index (χ3n) is 2.29. The molecule has 0 saturated carbocycles. The Kier molecular flexibility index (Phi) is 4.31. The van der Waals surface area contributed by atoms with Crippen molar-refractivity contribution in [3.8, 4) is 5.75 Å². The molecule has 0 spiro atoms. The van der Waals surface area contributed by atoms with Crippen LogP contribution in [-0.2, 0) is 0 Å². The van der Waals surface area contributed by atoms with E-state index in [0.29, 0.717) is 5.56 Å². The van der Waals surface area contributed by atoms with Gasteiger partial charge in [-0.2, -0.15) is 8.78 Å². The molecule has 6 heteroatoms. The van der Waals surface area contributed by atoms with Crippen molar-refractivity contribution >= 4 is 27.3 Å². The van der Waals surface area contributed by atoms with Gasteiger partial charge in [0.05, 0.1) is 4.88 Å². The molecule has 2 nitrogen and oxygen atoms in total. The van der Waals surface area contributed by atoms with Crippen LogP contribution >= 0.6 is 27.3 Å². The second-order valence-corrected chi connectivity index (χ2v) is 5.29. The minimum Gasteiger partial charge on any atom is -0.435 e. The molecule has 0 aliphatic heterocycles. The van der Waals surface area contributed by atoms with Crippen LogP contribution in [0.1, 0.15) is 16.5 Å². The predicted octanol–water partition coefficient (Wildman–Crippen LogP) is 4.19. The Bertz CT molecular complexity index is 530. The Labute approximate surface area is 115 Å². The number of benzene rings is 1. The highest BCUT2D eigenvalue weighted by molar-refractivity contribution is 9.10. The molecule has 18 heavy (non-hydrogen) atoms. The number of ether oxygens (including phenoxy) is 1. The van der Waals surface area contributed by atoms with Crippen LogP contribution in [0.15, 0.2) is 40.2 Å². The Morgan fingerprint density at radius 2 is 2.06 bits per heavy atom. The molecule has 0 radical (unpaired) electrons. The molecule has 1 N–H and O–H groups in total. The number of alkyl halides is 2. The summed E-state index contributed by atoms with van der Waals surface area (Å²) in [5.41, 5.74) is 0.510. The number of aliphatic hydroxyl groups excluding tert-OH is 1. The summed E-state index contributed by atoms with van der Waals surface area (Å²) in [4.78, 5) is 0.726. The van der Waals surface area contributed by atoms with E-state index in [9.17, 15) is 13.9 Å². The Morgan fingerprint density at radius 1 is 1.28 bits per heavy atom. The van der Waals surface area contributed by atoms with Gasteiger partial charge in [-0.25, -0.2) is 0 Å². The van der Waals surface area contributed by atoms with E-state index in [1.54, 1.807) is 12.1 Å². The molecule has 2 aromatic rings. The monoisotopic (exact) mass is 334 g/mol. The highest BCUT2D eigenvalue weighted by atomic mass is 79.9. The molecule has 1 aromatic heterocycles. The van der Waals surface area contributed by atoms with Crippen molar-refractivity contribution in [2.24, 2.45) is 0 Å². The van der Waals surface area contributed by atoms with E-state index in [1.807, 2.05) is 11.4 Å². The number of hydrogen-bond donors (Lipinski definition) is 1. The Morgan fingerprint density at radius 3 is 2.67 bits per heavy atom. The van der Waals surface area contributed by atoms with Crippen molar-refractivity contribution in [2.45, 2.75) is 12.7 Å². The molecule has 1 atom stereocenters. The van der Waals surface area contributed by atoms with Crippen LogP contribution in [-0.4, -0.2) is 11.7 Å². The molecule has 96 valence electrons. The predicted molar refractivity (Wildman–Crippen MR) is 69.2 cm³/mol. The maximum absolute atomic E-state index is 12.1. The number of rotatable bonds is 4. The third-order valence-corrected chi connectivity index (χ3v) is 4.22. The van der Waals surface area contributed by atoms with Gasteiger partial charge in [0.15, 0.2) is 0 Å². The number of thiophene rings is 1. The summed E-state index contributed by atoms with van der Waals surface area (Å²) in [6.45, 7) is -2.87. The van der Waals surface area contributed by atoms with E-state index in [0.717, 1.165) is 9.35 Å². The summed E-state index contributed by atoms with van der Waals surface area (Å²) in [5, 5.41) is 12.0. The van der Waals surface area contributed by atoms with E-state index in [2.05, 4.69) is 20.7 Å². The molecular formula is C12H9BrF2O2S. The molecule has 2 rings (SSSR count). The standard InChI is InChI=1S/C12H9BrF2O2S/c13-9-4-5-18-11(9)10(16)7-2-1-3-8(6-7)17-12(14)15/h1-6,10,12,16H. The van der Waals surface area contributed by atoms with Crippen LogP contribution in [0.4, 0.5) is 8.78 Å². The average molecular weight is 335 g/mol. The molecule has 0 aliphatic rings. The van der Waals surface area contributed by atoms with Gasteiger partial charge in [-0.1, -0.05) is 12.1 Å². The molecule has 1 unspecified atom stereocenters. The molecule has 1 aromatic carbocycles. The molecule has 0 fully saturated rings. The van der Waals surface area contributed by atoms with E-state index in [1.165, 1.54) is 23.5 Å². The van der Waals surface area contributed by atoms with Gasteiger partial charge in [-0.15, -0.1) is 11.3 Å². The first-order valence-corrected chi connectivity index (χ1v) is 6.71. The van der Waals surface area contributed by atoms with Crippen molar-refractivity contribution in [1.82, 2.24) is 0 Å². The molecule has 0 saturated heterocycles. The first-order valence-electron chi connectivity index (χ1n) is 5.03. The SMILES string of the molecule is OC(c1cccc(OC(F)F)c1)c1sccc1Br. The average Bonchev–Trinajstić information content (AvgIpc) is 2.74. The maximum atomic E-state index is 12.1. The van der Waals surface area contributed by atoms with Gasteiger partial charge in [0.2, 0.25) is 0 Å². The minimum absolute atomic E-state index is 0.0363. The summed E-state index contributed by atoms with van der Waals surface area (Å²) in [6, 6.07) is 7.88. The van der Waals surface area contributed by atoms with E-state index in [-0.39, 0.29) is 5.75 Å². The van der Waals surface area contributed by atoms with Crippen LogP contribution in [0, 0.1) is 0 Å². The Balaban J connectivity index is 2.25. The summed E-state index contributed by atoms with van der Waals surface area (Å²) in [5.74, 6) is 0.0363. The minimum atomic E-state index is -2.87. The lowest BCUT2D eigenvalue weighted by Crippen LogP contribution is -2.03. The molecule has 0 aliphatic carbocycles. The lowest BCUT2D eigenvalue weighted by molar-refractivity contribution is -0.0499. The number of halogens is 3. The summed E-state index contributed by atoms with van der Waals surface area (Å²) >= 11 is 4.71. The van der Waals surface area contributed by atoms with Gasteiger partial charge in [0, 0.05) is 4.47 Å². The Hall–Kier alpha value is -0.980. The van der Waals surface area contributed by atoms with Gasteiger partial charge < -0.3 is 9.84 Å². The van der Waals surface area contributed by atoms with Crippen molar-refractivity contribution in [3.05, 3.63) is 50.6 Å². The van der Waals surface area contributed by atoms with Crippen molar-refractivity contribution in [2.75, 3.05) is 0 Å². The second kappa shape index (κ2) is 5.77. The van der Waals surface area contributed by atoms with E-state index < -0.39 is 12.7 Å². The summed E-state index contributed by atoms with van der Waals surface area (Å²) in [6.07, 6.45) is -0.861. The molecule has 0 amide bonds. The van der Waals surface area contributed by atoms with Gasteiger partial charge >= 0.3 is 6.61 Å². The van der Waals surface area contributed by atoms with Crippen LogP contribution in [0.3, 0.4) is 0 Å². The second-order valence-electron chi connectivity index (χ2n) is 3.49. The fourth-order valence-electron chi connectivity index (χ4n) is 1.51. The van der Waals surface area contributed by atoms with Crippen molar-refractivity contribution in [3.63, 3.8) is 0 Å². The lowest BCUT2D eigenvalue weighted by atomic mass is 10.1.